The first-order valence-corrected chi connectivity index (χ1v) is 11.4. The summed E-state index contributed by atoms with van der Waals surface area (Å²) in [4.78, 5) is 32.6. The number of carbonyl (C=O) groups is 1. The van der Waals surface area contributed by atoms with Gasteiger partial charge >= 0.3 is 18.6 Å². The number of ether oxygens (including phenoxy) is 2. The van der Waals surface area contributed by atoms with Crippen molar-refractivity contribution in [2.75, 3.05) is 24.5 Å². The number of para-hydroxylation sites is 1. The predicted octanol–water partition coefficient (Wildman–Crippen LogP) is 4.87. The maximum absolute atomic E-state index is 12.9. The van der Waals surface area contributed by atoms with Gasteiger partial charge in [0.15, 0.2) is 0 Å². The number of likely N-dealkylation sites (tertiary alicyclic amines) is 1. The fourth-order valence-corrected chi connectivity index (χ4v) is 4.69. The first kappa shape index (κ1) is 24.8. The number of piperidine rings is 1. The summed E-state index contributed by atoms with van der Waals surface area (Å²) in [6, 6.07) is 14.7. The van der Waals surface area contributed by atoms with Crippen molar-refractivity contribution in [1.82, 2.24) is 4.90 Å². The van der Waals surface area contributed by atoms with Crippen LogP contribution in [0, 0.1) is 0 Å². The molecule has 2 aromatic rings. The molecule has 1 aliphatic carbocycles. The molecule has 10 heteroatoms. The van der Waals surface area contributed by atoms with E-state index < -0.39 is 12.0 Å². The Morgan fingerprint density at radius 1 is 1.06 bits per heavy atom. The summed E-state index contributed by atoms with van der Waals surface area (Å²) in [7, 11) is 0. The molecule has 5 rings (SSSR count). The van der Waals surface area contributed by atoms with E-state index in [2.05, 4.69) is 9.64 Å². The molecule has 0 atom stereocenters. The van der Waals surface area contributed by atoms with Crippen LogP contribution in [-0.4, -0.2) is 48.7 Å². The number of benzene rings is 2. The van der Waals surface area contributed by atoms with Crippen LogP contribution in [0.1, 0.15) is 42.7 Å². The Kier molecular flexibility index (Phi) is 7.14. The van der Waals surface area contributed by atoms with Crippen LogP contribution < -0.4 is 9.64 Å². The number of hydrogen-bond acceptors (Lipinski definition) is 6. The molecule has 1 spiro atoms. The summed E-state index contributed by atoms with van der Waals surface area (Å²) in [5.41, 5.74) is 1.75. The van der Waals surface area contributed by atoms with Gasteiger partial charge in [-0.2, -0.15) is 9.59 Å². The molecule has 2 aliphatic heterocycles. The second-order valence-electron chi connectivity index (χ2n) is 9.03. The van der Waals surface area contributed by atoms with Crippen LogP contribution in [0.2, 0.25) is 0 Å². The minimum absolute atomic E-state index is 0.0748. The lowest BCUT2D eigenvalue weighted by Gasteiger charge is -2.37. The highest BCUT2D eigenvalue weighted by Gasteiger charge is 2.47. The average molecular weight is 490 g/mol. The zero-order chi connectivity index (χ0) is 25.1. The third kappa shape index (κ3) is 6.21. The van der Waals surface area contributed by atoms with Gasteiger partial charge in [-0.05, 0) is 48.1 Å². The van der Waals surface area contributed by atoms with Gasteiger partial charge in [-0.1, -0.05) is 30.3 Å². The average Bonchev–Trinajstić information content (AvgIpc) is 3.60. The van der Waals surface area contributed by atoms with Crippen molar-refractivity contribution in [3.05, 3.63) is 59.7 Å². The highest BCUT2D eigenvalue weighted by atomic mass is 19.4. The standard InChI is InChI=1S/C24H25F3N2O3.CO2/c25-24(26,27)31-21-14-17(6-9-20(21)18-7-8-18)15-28-12-10-23(11-13-28)16-29(22(30)32-23)19-4-2-1-3-5-19;2-1-3/h1-6,9,14,18H,7-8,10-13,15-16H2;. The van der Waals surface area contributed by atoms with E-state index in [0.29, 0.717) is 44.6 Å². The molecule has 0 radical (unpaired) electrons. The third-order valence-electron chi connectivity index (χ3n) is 6.53. The first-order valence-electron chi connectivity index (χ1n) is 11.4. The maximum atomic E-state index is 12.9. The Morgan fingerprint density at radius 3 is 2.31 bits per heavy atom. The number of anilines is 1. The smallest absolute Gasteiger partial charge is 0.441 e. The normalized spacial score (nSPS) is 19.5. The Bertz CT molecular complexity index is 1070. The van der Waals surface area contributed by atoms with Crippen molar-refractivity contribution in [1.29, 1.82) is 0 Å². The van der Waals surface area contributed by atoms with Crippen LogP contribution in [0.3, 0.4) is 0 Å². The van der Waals surface area contributed by atoms with Crippen LogP contribution in [0.25, 0.3) is 0 Å². The van der Waals surface area contributed by atoms with Crippen molar-refractivity contribution in [2.24, 2.45) is 0 Å². The van der Waals surface area contributed by atoms with E-state index in [1.54, 1.807) is 11.0 Å². The Labute approximate surface area is 200 Å². The minimum atomic E-state index is -4.70. The summed E-state index contributed by atoms with van der Waals surface area (Å²) in [5.74, 6) is 0.0927. The summed E-state index contributed by atoms with van der Waals surface area (Å²) < 4.78 is 48.7. The van der Waals surface area contributed by atoms with Crippen LogP contribution in [0.4, 0.5) is 23.7 Å². The van der Waals surface area contributed by atoms with Crippen LogP contribution in [-0.2, 0) is 20.9 Å². The van der Waals surface area contributed by atoms with E-state index >= 15 is 0 Å². The molecule has 2 aromatic carbocycles. The summed E-state index contributed by atoms with van der Waals surface area (Å²) in [6.07, 6.45) is -1.59. The van der Waals surface area contributed by atoms with Gasteiger partial charge in [0, 0.05) is 38.2 Å². The topological polar surface area (TPSA) is 76.2 Å². The second-order valence-corrected chi connectivity index (χ2v) is 9.03. The largest absolute Gasteiger partial charge is 0.573 e. The summed E-state index contributed by atoms with van der Waals surface area (Å²) >= 11 is 0. The maximum Gasteiger partial charge on any atom is 0.573 e. The lowest BCUT2D eigenvalue weighted by molar-refractivity contribution is -0.274. The van der Waals surface area contributed by atoms with Crippen molar-refractivity contribution in [3.8, 4) is 5.75 Å². The number of halogens is 3. The molecule has 2 heterocycles. The van der Waals surface area contributed by atoms with Gasteiger partial charge < -0.3 is 9.47 Å². The van der Waals surface area contributed by atoms with Gasteiger partial charge in [-0.3, -0.25) is 9.80 Å². The highest BCUT2D eigenvalue weighted by Crippen LogP contribution is 2.45. The number of hydrogen-bond donors (Lipinski definition) is 0. The SMILES string of the molecule is O=C1OC2(CCN(Cc3ccc(C4CC4)c(OC(F)(F)F)c3)CC2)CN1c1ccccc1.O=C=O. The molecule has 35 heavy (non-hydrogen) atoms. The van der Waals surface area contributed by atoms with Crippen molar-refractivity contribution in [2.45, 2.75) is 50.1 Å². The molecule has 0 N–H and O–H groups in total. The molecule has 3 aliphatic rings. The molecule has 3 fully saturated rings. The first-order chi connectivity index (χ1) is 16.7. The molecule has 1 amide bonds. The number of alkyl halides is 3. The Hall–Kier alpha value is -3.36. The fourth-order valence-electron chi connectivity index (χ4n) is 4.69. The summed E-state index contributed by atoms with van der Waals surface area (Å²) in [5, 5.41) is 0. The van der Waals surface area contributed by atoms with Gasteiger partial charge in [-0.15, -0.1) is 13.2 Å². The van der Waals surface area contributed by atoms with E-state index in [-0.39, 0.29) is 23.9 Å². The van der Waals surface area contributed by atoms with Gasteiger partial charge in [0.25, 0.3) is 0 Å². The van der Waals surface area contributed by atoms with E-state index in [0.717, 1.165) is 24.1 Å². The molecular weight excluding hydrogens is 465 g/mol. The van der Waals surface area contributed by atoms with Gasteiger partial charge in [0.05, 0.1) is 6.54 Å². The van der Waals surface area contributed by atoms with E-state index in [1.165, 1.54) is 6.07 Å². The molecule has 7 nitrogen and oxygen atoms in total. The van der Waals surface area contributed by atoms with Crippen LogP contribution in [0.5, 0.6) is 5.75 Å². The van der Waals surface area contributed by atoms with E-state index in [4.69, 9.17) is 14.3 Å². The monoisotopic (exact) mass is 490 g/mol. The number of rotatable bonds is 5. The minimum Gasteiger partial charge on any atom is -0.441 e. The van der Waals surface area contributed by atoms with Gasteiger partial charge in [0.2, 0.25) is 0 Å². The lowest BCUT2D eigenvalue weighted by Crippen LogP contribution is -2.46. The quantitative estimate of drug-likeness (QED) is 0.595. The van der Waals surface area contributed by atoms with Crippen LogP contribution in [0.15, 0.2) is 48.5 Å². The molecule has 0 aromatic heterocycles. The lowest BCUT2D eigenvalue weighted by atomic mass is 9.91. The molecule has 1 saturated carbocycles. The van der Waals surface area contributed by atoms with Gasteiger partial charge in [0.1, 0.15) is 11.4 Å². The number of carbonyl (C=O) groups excluding carboxylic acids is 3. The number of nitrogens with zero attached hydrogens (tertiary/aromatic N) is 2. The molecule has 0 bridgehead atoms. The van der Waals surface area contributed by atoms with Crippen molar-refractivity contribution < 1.29 is 37.0 Å². The molecule has 186 valence electrons. The predicted molar refractivity (Wildman–Crippen MR) is 118 cm³/mol. The second kappa shape index (κ2) is 10.1. The van der Waals surface area contributed by atoms with Crippen molar-refractivity contribution in [3.63, 3.8) is 0 Å². The Balaban J connectivity index is 0.000000917. The zero-order valence-electron chi connectivity index (χ0n) is 18.9. The summed E-state index contributed by atoms with van der Waals surface area (Å²) in [6.45, 7) is 2.46. The third-order valence-corrected chi connectivity index (χ3v) is 6.53. The van der Waals surface area contributed by atoms with E-state index in [9.17, 15) is 18.0 Å². The van der Waals surface area contributed by atoms with Crippen molar-refractivity contribution >= 4 is 17.9 Å². The molecule has 2 saturated heterocycles. The number of amides is 1. The fraction of sp³-hybridized carbons (Fsp3) is 0.440. The van der Waals surface area contributed by atoms with Gasteiger partial charge in [-0.25, -0.2) is 4.79 Å². The van der Waals surface area contributed by atoms with Crippen LogP contribution >= 0.6 is 0 Å². The molecular formula is C25H25F3N2O5. The van der Waals surface area contributed by atoms with E-state index in [1.807, 2.05) is 36.4 Å². The highest BCUT2D eigenvalue weighted by molar-refractivity contribution is 5.90. The molecule has 0 unspecified atom stereocenters. The Morgan fingerprint density at radius 2 is 1.71 bits per heavy atom. The zero-order valence-corrected chi connectivity index (χ0v) is 18.9.